The van der Waals surface area contributed by atoms with Gasteiger partial charge in [-0.25, -0.2) is 4.39 Å². The first kappa shape index (κ1) is 15.8. The van der Waals surface area contributed by atoms with E-state index < -0.39 is 5.41 Å². The fraction of sp³-hybridized carbons (Fsp3) is 0.600. The van der Waals surface area contributed by atoms with Crippen molar-refractivity contribution < 1.29 is 4.39 Å². The van der Waals surface area contributed by atoms with Gasteiger partial charge in [-0.2, -0.15) is 0 Å². The van der Waals surface area contributed by atoms with Gasteiger partial charge in [0.15, 0.2) is 0 Å². The summed E-state index contributed by atoms with van der Waals surface area (Å²) in [4.78, 5) is 0. The third-order valence-corrected chi connectivity index (χ3v) is 4.50. The molecule has 0 radical (unpaired) electrons. The van der Waals surface area contributed by atoms with Crippen LogP contribution >= 0.6 is 23.2 Å². The summed E-state index contributed by atoms with van der Waals surface area (Å²) in [5.41, 5.74) is 0.196. The lowest BCUT2D eigenvalue weighted by atomic mass is 9.76. The normalized spacial score (nSPS) is 13.6. The van der Waals surface area contributed by atoms with Crippen molar-refractivity contribution in [3.8, 4) is 0 Å². The Labute approximate surface area is 119 Å². The predicted octanol–water partition coefficient (Wildman–Crippen LogP) is 5.37. The van der Waals surface area contributed by atoms with Crippen LogP contribution in [0.3, 0.4) is 0 Å². The molecular formula is C15H21Cl2F. The summed E-state index contributed by atoms with van der Waals surface area (Å²) in [6, 6.07) is 6.82. The van der Waals surface area contributed by atoms with Crippen LogP contribution < -0.4 is 0 Å². The van der Waals surface area contributed by atoms with Crippen molar-refractivity contribution in [3.05, 3.63) is 35.6 Å². The van der Waals surface area contributed by atoms with Crippen LogP contribution in [0.1, 0.15) is 38.7 Å². The molecule has 1 aromatic carbocycles. The van der Waals surface area contributed by atoms with Crippen molar-refractivity contribution in [1.29, 1.82) is 0 Å². The van der Waals surface area contributed by atoms with E-state index in [-0.39, 0.29) is 5.82 Å². The first-order chi connectivity index (χ1) is 8.59. The molecule has 0 heterocycles. The van der Waals surface area contributed by atoms with Crippen LogP contribution in [-0.2, 0) is 5.41 Å². The summed E-state index contributed by atoms with van der Waals surface area (Å²) in [5.74, 6) is 0.992. The highest BCUT2D eigenvalue weighted by Crippen LogP contribution is 2.36. The summed E-state index contributed by atoms with van der Waals surface area (Å²) in [6.07, 6.45) is 3.07. The lowest BCUT2D eigenvalue weighted by molar-refractivity contribution is 0.358. The van der Waals surface area contributed by atoms with Crippen LogP contribution in [0.25, 0.3) is 0 Å². The number of hydrogen-bond acceptors (Lipinski definition) is 0. The lowest BCUT2D eigenvalue weighted by Crippen LogP contribution is -2.34. The second kappa shape index (κ2) is 7.35. The molecule has 18 heavy (non-hydrogen) atoms. The highest BCUT2D eigenvalue weighted by atomic mass is 35.5. The second-order valence-corrected chi connectivity index (χ2v) is 5.66. The van der Waals surface area contributed by atoms with Gasteiger partial charge in [-0.1, -0.05) is 44.9 Å². The van der Waals surface area contributed by atoms with Gasteiger partial charge in [-0.3, -0.25) is 0 Å². The SMILES string of the molecule is CCCC(C)CC(CCl)(CCl)c1ccccc1F. The molecule has 1 unspecified atom stereocenters. The van der Waals surface area contributed by atoms with Gasteiger partial charge in [0, 0.05) is 17.2 Å². The maximum absolute atomic E-state index is 14.0. The average molecular weight is 291 g/mol. The van der Waals surface area contributed by atoms with Gasteiger partial charge in [0.1, 0.15) is 5.82 Å². The van der Waals surface area contributed by atoms with Crippen LogP contribution in [0, 0.1) is 11.7 Å². The smallest absolute Gasteiger partial charge is 0.127 e. The van der Waals surface area contributed by atoms with Crippen molar-refractivity contribution in [3.63, 3.8) is 0 Å². The zero-order chi connectivity index (χ0) is 13.6. The van der Waals surface area contributed by atoms with Gasteiger partial charge in [-0.15, -0.1) is 23.2 Å². The van der Waals surface area contributed by atoms with E-state index >= 15 is 0 Å². The molecule has 0 bridgehead atoms. The fourth-order valence-electron chi connectivity index (χ4n) is 2.55. The standard InChI is InChI=1S/C15H21Cl2F/c1-3-6-12(2)9-15(10-16,11-17)13-7-4-5-8-14(13)18/h4-5,7-8,12H,3,6,9-11H2,1-2H3. The minimum Gasteiger partial charge on any atom is -0.207 e. The first-order valence-electron chi connectivity index (χ1n) is 6.46. The molecule has 0 aliphatic heterocycles. The molecule has 0 spiro atoms. The fourth-order valence-corrected chi connectivity index (χ4v) is 3.34. The number of hydrogen-bond donors (Lipinski definition) is 0. The second-order valence-electron chi connectivity index (χ2n) is 5.13. The van der Waals surface area contributed by atoms with Gasteiger partial charge in [0.2, 0.25) is 0 Å². The average Bonchev–Trinajstić information content (AvgIpc) is 2.37. The van der Waals surface area contributed by atoms with E-state index in [1.807, 2.05) is 6.07 Å². The van der Waals surface area contributed by atoms with Gasteiger partial charge in [-0.05, 0) is 24.0 Å². The van der Waals surface area contributed by atoms with Crippen molar-refractivity contribution in [1.82, 2.24) is 0 Å². The Morgan fingerprint density at radius 1 is 1.22 bits per heavy atom. The molecule has 0 N–H and O–H groups in total. The zero-order valence-electron chi connectivity index (χ0n) is 11.1. The van der Waals surface area contributed by atoms with Crippen LogP contribution in [0.5, 0.6) is 0 Å². The highest BCUT2D eigenvalue weighted by molar-refractivity contribution is 6.22. The van der Waals surface area contributed by atoms with E-state index in [4.69, 9.17) is 23.2 Å². The Morgan fingerprint density at radius 3 is 2.33 bits per heavy atom. The van der Waals surface area contributed by atoms with E-state index in [9.17, 15) is 4.39 Å². The first-order valence-corrected chi connectivity index (χ1v) is 7.53. The number of rotatable bonds is 7. The molecule has 0 aromatic heterocycles. The quantitative estimate of drug-likeness (QED) is 0.593. The predicted molar refractivity (Wildman–Crippen MR) is 78.2 cm³/mol. The summed E-state index contributed by atoms with van der Waals surface area (Å²) in [5, 5.41) is 0. The van der Waals surface area contributed by atoms with Crippen molar-refractivity contribution in [2.75, 3.05) is 11.8 Å². The van der Waals surface area contributed by atoms with Gasteiger partial charge in [0.25, 0.3) is 0 Å². The maximum atomic E-state index is 14.0. The van der Waals surface area contributed by atoms with Gasteiger partial charge < -0.3 is 0 Å². The van der Waals surface area contributed by atoms with Crippen LogP contribution in [0.4, 0.5) is 4.39 Å². The molecule has 0 nitrogen and oxygen atoms in total. The molecule has 0 fully saturated rings. The molecular weight excluding hydrogens is 270 g/mol. The maximum Gasteiger partial charge on any atom is 0.127 e. The molecule has 1 aromatic rings. The molecule has 1 atom stereocenters. The summed E-state index contributed by atoms with van der Waals surface area (Å²) in [6.45, 7) is 4.33. The Morgan fingerprint density at radius 2 is 1.83 bits per heavy atom. The molecule has 0 aliphatic rings. The Hall–Kier alpha value is -0.270. The minimum absolute atomic E-state index is 0.206. The third kappa shape index (κ3) is 3.61. The minimum atomic E-state index is -0.455. The summed E-state index contributed by atoms with van der Waals surface area (Å²) in [7, 11) is 0. The largest absolute Gasteiger partial charge is 0.207 e. The van der Waals surface area contributed by atoms with E-state index in [1.165, 1.54) is 6.07 Å². The van der Waals surface area contributed by atoms with Crippen molar-refractivity contribution in [2.45, 2.75) is 38.5 Å². The molecule has 102 valence electrons. The third-order valence-electron chi connectivity index (χ3n) is 3.48. The van der Waals surface area contributed by atoms with E-state index in [1.54, 1.807) is 12.1 Å². The summed E-state index contributed by atoms with van der Waals surface area (Å²) >= 11 is 12.2. The van der Waals surface area contributed by atoms with Gasteiger partial charge >= 0.3 is 0 Å². The lowest BCUT2D eigenvalue weighted by Gasteiger charge is -2.33. The van der Waals surface area contributed by atoms with Crippen LogP contribution in [0.15, 0.2) is 24.3 Å². The number of benzene rings is 1. The molecule has 0 amide bonds. The molecule has 0 aliphatic carbocycles. The van der Waals surface area contributed by atoms with Gasteiger partial charge in [0.05, 0.1) is 0 Å². The van der Waals surface area contributed by atoms with E-state index in [2.05, 4.69) is 13.8 Å². The van der Waals surface area contributed by atoms with E-state index in [0.717, 1.165) is 19.3 Å². The number of alkyl halides is 2. The Balaban J connectivity index is 3.03. The molecule has 0 saturated carbocycles. The molecule has 3 heteroatoms. The topological polar surface area (TPSA) is 0 Å². The molecule has 1 rings (SSSR count). The monoisotopic (exact) mass is 290 g/mol. The van der Waals surface area contributed by atoms with Crippen LogP contribution in [0.2, 0.25) is 0 Å². The number of halogens is 3. The summed E-state index contributed by atoms with van der Waals surface area (Å²) < 4.78 is 14.0. The van der Waals surface area contributed by atoms with Crippen molar-refractivity contribution in [2.24, 2.45) is 5.92 Å². The van der Waals surface area contributed by atoms with Crippen LogP contribution in [-0.4, -0.2) is 11.8 Å². The Bertz CT molecular complexity index is 361. The van der Waals surface area contributed by atoms with Crippen molar-refractivity contribution >= 4 is 23.2 Å². The zero-order valence-corrected chi connectivity index (χ0v) is 12.6. The van der Waals surface area contributed by atoms with E-state index in [0.29, 0.717) is 23.2 Å². The Kier molecular flexibility index (Phi) is 6.45. The highest BCUT2D eigenvalue weighted by Gasteiger charge is 2.34. The molecule has 0 saturated heterocycles.